The summed E-state index contributed by atoms with van der Waals surface area (Å²) in [4.78, 5) is 25.1. The number of benzene rings is 1. The predicted molar refractivity (Wildman–Crippen MR) is 91.3 cm³/mol. The first-order chi connectivity index (χ1) is 12.6. The van der Waals surface area contributed by atoms with E-state index in [1.165, 1.54) is 18.3 Å². The fourth-order valence-electron chi connectivity index (χ4n) is 4.31. The Morgan fingerprint density at radius 3 is 2.31 bits per heavy atom. The molecular formula is C20H15FN2O3. The molecule has 26 heavy (non-hydrogen) atoms. The highest BCUT2D eigenvalue weighted by Gasteiger charge is 2.59. The summed E-state index contributed by atoms with van der Waals surface area (Å²) < 4.78 is 18.7. The van der Waals surface area contributed by atoms with Crippen LogP contribution in [0.4, 0.5) is 4.39 Å². The Balaban J connectivity index is 1.36. The van der Waals surface area contributed by atoms with Gasteiger partial charge < -0.3 is 4.42 Å². The van der Waals surface area contributed by atoms with Gasteiger partial charge in [0.25, 0.3) is 11.8 Å². The monoisotopic (exact) mass is 350 g/mol. The normalized spacial score (nSPS) is 29.3. The fraction of sp³-hybridized carbons (Fsp3) is 0.250. The predicted octanol–water partition coefficient (Wildman–Crippen LogP) is 3.23. The minimum Gasteiger partial charge on any atom is -0.455 e. The van der Waals surface area contributed by atoms with Crippen LogP contribution in [-0.2, 0) is 9.59 Å². The number of hydrogen-bond acceptors (Lipinski definition) is 4. The number of fused-ring (bicyclic) bond motifs is 5. The number of hydrogen-bond donors (Lipinski definition) is 0. The Morgan fingerprint density at radius 1 is 1.00 bits per heavy atom. The van der Waals surface area contributed by atoms with Gasteiger partial charge in [0, 0.05) is 5.56 Å². The summed E-state index contributed by atoms with van der Waals surface area (Å²) >= 11 is 0. The van der Waals surface area contributed by atoms with Gasteiger partial charge in [0.15, 0.2) is 0 Å². The summed E-state index contributed by atoms with van der Waals surface area (Å²) in [7, 11) is 0. The second-order valence-corrected chi connectivity index (χ2v) is 6.94. The highest BCUT2D eigenvalue weighted by Crippen LogP contribution is 2.52. The maximum atomic E-state index is 13.0. The van der Waals surface area contributed by atoms with Crippen molar-refractivity contribution in [3.8, 4) is 11.3 Å². The second kappa shape index (κ2) is 5.49. The van der Waals surface area contributed by atoms with Crippen LogP contribution < -0.4 is 0 Å². The van der Waals surface area contributed by atoms with E-state index in [0.29, 0.717) is 11.5 Å². The molecule has 2 amide bonds. The average Bonchev–Trinajstić information content (AvgIpc) is 3.40. The first kappa shape index (κ1) is 15.3. The van der Waals surface area contributed by atoms with Crippen LogP contribution in [-0.4, -0.2) is 23.0 Å². The summed E-state index contributed by atoms with van der Waals surface area (Å²) in [5.41, 5.74) is 0.733. The molecule has 2 bridgehead atoms. The third-order valence-corrected chi connectivity index (χ3v) is 5.50. The van der Waals surface area contributed by atoms with Gasteiger partial charge in [-0.1, -0.05) is 12.2 Å². The second-order valence-electron chi connectivity index (χ2n) is 6.94. The highest BCUT2D eigenvalue weighted by atomic mass is 19.1. The minimum absolute atomic E-state index is 0.162. The molecule has 1 aliphatic heterocycles. The lowest BCUT2D eigenvalue weighted by Gasteiger charge is -2.13. The van der Waals surface area contributed by atoms with Crippen molar-refractivity contribution in [3.05, 3.63) is 60.1 Å². The van der Waals surface area contributed by atoms with Gasteiger partial charge in [-0.2, -0.15) is 10.1 Å². The topological polar surface area (TPSA) is 62.9 Å². The lowest BCUT2D eigenvalue weighted by molar-refractivity contribution is -0.140. The molecule has 1 aromatic carbocycles. The third-order valence-electron chi connectivity index (χ3n) is 5.50. The summed E-state index contributed by atoms with van der Waals surface area (Å²) in [6.45, 7) is 0. The van der Waals surface area contributed by atoms with Crippen molar-refractivity contribution in [2.45, 2.75) is 6.42 Å². The molecule has 3 aliphatic rings. The molecule has 2 fully saturated rings. The van der Waals surface area contributed by atoms with Gasteiger partial charge in [0.05, 0.1) is 18.1 Å². The molecule has 130 valence electrons. The summed E-state index contributed by atoms with van der Waals surface area (Å²) in [6.07, 6.45) is 6.36. The van der Waals surface area contributed by atoms with E-state index in [1.54, 1.807) is 24.3 Å². The number of rotatable bonds is 3. The van der Waals surface area contributed by atoms with Crippen molar-refractivity contribution in [2.24, 2.45) is 28.8 Å². The molecule has 0 radical (unpaired) electrons. The van der Waals surface area contributed by atoms with Crippen molar-refractivity contribution < 1.29 is 18.4 Å². The van der Waals surface area contributed by atoms with Gasteiger partial charge in [-0.15, -0.1) is 0 Å². The van der Waals surface area contributed by atoms with Crippen LogP contribution in [0.25, 0.3) is 11.3 Å². The molecular weight excluding hydrogens is 335 g/mol. The number of carbonyl (C=O) groups is 2. The number of hydrazone groups is 1. The van der Waals surface area contributed by atoms with E-state index in [9.17, 15) is 14.0 Å². The van der Waals surface area contributed by atoms with Crippen LogP contribution in [0.3, 0.4) is 0 Å². The standard InChI is InChI=1S/C20H15FN2O3/c21-14-5-3-11(4-6-14)16-8-7-15(26-16)10-22-23-19(24)17-12-1-2-13(9-12)18(17)20(23)25/h1-8,10,12-13,17-18H,9H2/b22-10-/t12-,13-,17-,18+/m1/s1. The minimum atomic E-state index is -0.317. The van der Waals surface area contributed by atoms with E-state index in [1.807, 2.05) is 12.2 Å². The quantitative estimate of drug-likeness (QED) is 0.485. The van der Waals surface area contributed by atoms with Crippen LogP contribution in [0.1, 0.15) is 12.2 Å². The number of carbonyl (C=O) groups excluding carboxylic acids is 2. The molecule has 1 saturated carbocycles. The maximum Gasteiger partial charge on any atom is 0.254 e. The number of imide groups is 1. The molecule has 1 saturated heterocycles. The van der Waals surface area contributed by atoms with Gasteiger partial charge in [-0.25, -0.2) is 4.39 Å². The SMILES string of the molecule is O=C1[C@@H]2[C@H](C(=O)N1/N=C\c1ccc(-c3ccc(F)cc3)o1)[C@@H]1C=C[C@@H]2C1. The van der Waals surface area contributed by atoms with E-state index in [2.05, 4.69) is 5.10 Å². The van der Waals surface area contributed by atoms with Gasteiger partial charge in [0.2, 0.25) is 0 Å². The highest BCUT2D eigenvalue weighted by molar-refractivity contribution is 6.06. The Labute approximate surface area is 148 Å². The van der Waals surface area contributed by atoms with Gasteiger partial charge in [-0.05, 0) is 54.7 Å². The van der Waals surface area contributed by atoms with E-state index in [-0.39, 0.29) is 41.3 Å². The molecule has 2 heterocycles. The lowest BCUT2D eigenvalue weighted by Crippen LogP contribution is -2.28. The number of furan rings is 1. The van der Waals surface area contributed by atoms with Crippen molar-refractivity contribution in [2.75, 3.05) is 0 Å². The number of allylic oxidation sites excluding steroid dienone is 2. The molecule has 4 atom stereocenters. The molecule has 2 aromatic rings. The van der Waals surface area contributed by atoms with Crippen LogP contribution in [0.15, 0.2) is 58.1 Å². The molecule has 0 unspecified atom stereocenters. The molecule has 0 N–H and O–H groups in total. The summed E-state index contributed by atoms with van der Waals surface area (Å²) in [6, 6.07) is 9.38. The van der Waals surface area contributed by atoms with Crippen LogP contribution in [0, 0.1) is 29.5 Å². The lowest BCUT2D eigenvalue weighted by atomic mass is 9.85. The first-order valence-corrected chi connectivity index (χ1v) is 8.58. The van der Waals surface area contributed by atoms with Crippen molar-refractivity contribution >= 4 is 18.0 Å². The molecule has 5 nitrogen and oxygen atoms in total. The fourth-order valence-corrected chi connectivity index (χ4v) is 4.31. The van der Waals surface area contributed by atoms with E-state index < -0.39 is 0 Å². The molecule has 6 heteroatoms. The number of nitrogens with zero attached hydrogens (tertiary/aromatic N) is 2. The van der Waals surface area contributed by atoms with E-state index in [4.69, 9.17) is 4.42 Å². The summed E-state index contributed by atoms with van der Waals surface area (Å²) in [5, 5.41) is 5.07. The smallest absolute Gasteiger partial charge is 0.254 e. The molecule has 5 rings (SSSR count). The first-order valence-electron chi connectivity index (χ1n) is 8.58. The third kappa shape index (κ3) is 2.18. The van der Waals surface area contributed by atoms with Gasteiger partial charge in [-0.3, -0.25) is 9.59 Å². The zero-order valence-corrected chi connectivity index (χ0v) is 13.7. The Morgan fingerprint density at radius 2 is 1.65 bits per heavy atom. The number of halogens is 1. The largest absolute Gasteiger partial charge is 0.455 e. The molecule has 1 aromatic heterocycles. The van der Waals surface area contributed by atoms with Crippen molar-refractivity contribution in [1.82, 2.24) is 5.01 Å². The Hall–Kier alpha value is -3.02. The Kier molecular flexibility index (Phi) is 3.22. The van der Waals surface area contributed by atoms with Crippen molar-refractivity contribution in [3.63, 3.8) is 0 Å². The van der Waals surface area contributed by atoms with Crippen LogP contribution in [0.5, 0.6) is 0 Å². The van der Waals surface area contributed by atoms with Crippen molar-refractivity contribution in [1.29, 1.82) is 0 Å². The van der Waals surface area contributed by atoms with E-state index in [0.717, 1.165) is 17.0 Å². The number of amides is 2. The molecule has 0 spiro atoms. The van der Waals surface area contributed by atoms with Gasteiger partial charge >= 0.3 is 0 Å². The van der Waals surface area contributed by atoms with Crippen LogP contribution in [0.2, 0.25) is 0 Å². The summed E-state index contributed by atoms with van der Waals surface area (Å²) in [5.74, 6) is 0.0134. The zero-order chi connectivity index (χ0) is 17.8. The van der Waals surface area contributed by atoms with E-state index >= 15 is 0 Å². The average molecular weight is 350 g/mol. The van der Waals surface area contributed by atoms with Crippen LogP contribution >= 0.6 is 0 Å². The molecule has 2 aliphatic carbocycles. The van der Waals surface area contributed by atoms with Gasteiger partial charge in [0.1, 0.15) is 17.3 Å². The Bertz CT molecular complexity index is 930. The zero-order valence-electron chi connectivity index (χ0n) is 13.7. The maximum absolute atomic E-state index is 13.0.